The molecular weight excluding hydrogens is 228 g/mol. The predicted octanol–water partition coefficient (Wildman–Crippen LogP) is -0.335. The van der Waals surface area contributed by atoms with E-state index in [4.69, 9.17) is 5.73 Å². The molecule has 3 N–H and O–H groups in total. The van der Waals surface area contributed by atoms with E-state index in [1.807, 2.05) is 0 Å². The number of nitrogens with two attached hydrogens (primary N) is 1. The van der Waals surface area contributed by atoms with Crippen molar-refractivity contribution in [2.45, 2.75) is 32.7 Å². The summed E-state index contributed by atoms with van der Waals surface area (Å²) in [5.41, 5.74) is 4.85. The maximum Gasteiger partial charge on any atom is 0.227 e. The first-order valence-corrected chi connectivity index (χ1v) is 7.30. The highest BCUT2D eigenvalue weighted by atomic mass is 32.2. The van der Waals surface area contributed by atoms with Gasteiger partial charge in [-0.3, -0.25) is 4.79 Å². The van der Waals surface area contributed by atoms with Gasteiger partial charge in [-0.1, -0.05) is 0 Å². The van der Waals surface area contributed by atoms with Crippen molar-refractivity contribution in [1.82, 2.24) is 5.32 Å². The van der Waals surface area contributed by atoms with Crippen molar-refractivity contribution in [2.24, 2.45) is 11.1 Å². The summed E-state index contributed by atoms with van der Waals surface area (Å²) in [7, 11) is -2.98. The van der Waals surface area contributed by atoms with Crippen molar-refractivity contribution < 1.29 is 13.2 Å². The lowest BCUT2D eigenvalue weighted by atomic mass is 9.92. The van der Waals surface area contributed by atoms with Gasteiger partial charge in [-0.15, -0.1) is 0 Å². The van der Waals surface area contributed by atoms with Gasteiger partial charge in [0.2, 0.25) is 5.91 Å². The molecule has 0 saturated carbocycles. The molecule has 1 heterocycles. The Morgan fingerprint density at radius 3 is 2.62 bits per heavy atom. The molecule has 6 heteroatoms. The Hall–Kier alpha value is -0.620. The lowest BCUT2D eigenvalue weighted by Crippen LogP contribution is -2.49. The molecule has 0 bridgehead atoms. The van der Waals surface area contributed by atoms with Crippen LogP contribution >= 0.6 is 0 Å². The summed E-state index contributed by atoms with van der Waals surface area (Å²) >= 11 is 0. The molecule has 5 nitrogen and oxygen atoms in total. The third-order valence-electron chi connectivity index (χ3n) is 2.92. The quantitative estimate of drug-likeness (QED) is 0.715. The first-order chi connectivity index (χ1) is 7.27. The van der Waals surface area contributed by atoms with E-state index < -0.39 is 15.3 Å². The molecule has 0 spiro atoms. The first-order valence-electron chi connectivity index (χ1n) is 5.48. The molecule has 1 rings (SSSR count). The normalized spacial score (nSPS) is 25.1. The first kappa shape index (κ1) is 13.4. The van der Waals surface area contributed by atoms with Gasteiger partial charge in [0.15, 0.2) is 9.84 Å². The largest absolute Gasteiger partial charge is 0.352 e. The molecule has 1 aliphatic rings. The summed E-state index contributed by atoms with van der Waals surface area (Å²) in [6, 6.07) is -0.253. The van der Waals surface area contributed by atoms with Crippen LogP contribution in [0.1, 0.15) is 26.7 Å². The van der Waals surface area contributed by atoms with Crippen LogP contribution in [-0.4, -0.2) is 38.4 Å². The van der Waals surface area contributed by atoms with Crippen LogP contribution in [0.5, 0.6) is 0 Å². The fourth-order valence-electron chi connectivity index (χ4n) is 1.61. The molecule has 1 unspecified atom stereocenters. The third-order valence-corrected chi connectivity index (χ3v) is 4.74. The van der Waals surface area contributed by atoms with E-state index in [1.54, 1.807) is 13.8 Å². The molecule has 1 aliphatic heterocycles. The minimum atomic E-state index is -2.98. The van der Waals surface area contributed by atoms with Crippen LogP contribution in [0.15, 0.2) is 0 Å². The van der Waals surface area contributed by atoms with Gasteiger partial charge in [0.05, 0.1) is 16.9 Å². The van der Waals surface area contributed by atoms with Crippen molar-refractivity contribution >= 4 is 15.7 Å². The zero-order valence-electron chi connectivity index (χ0n) is 9.82. The van der Waals surface area contributed by atoms with Gasteiger partial charge >= 0.3 is 0 Å². The van der Waals surface area contributed by atoms with Gasteiger partial charge in [-0.25, -0.2) is 8.42 Å². The molecule has 1 saturated heterocycles. The number of amides is 1. The van der Waals surface area contributed by atoms with E-state index in [2.05, 4.69) is 5.32 Å². The maximum atomic E-state index is 11.8. The molecule has 94 valence electrons. The highest BCUT2D eigenvalue weighted by molar-refractivity contribution is 7.91. The number of hydrogen-bond acceptors (Lipinski definition) is 4. The van der Waals surface area contributed by atoms with E-state index in [9.17, 15) is 13.2 Å². The standard InChI is InChI=1S/C10H20N2O3S/c1-10(2,7-11)9(13)12-8-4-3-5-16(14,15)6-8/h8H,3-7,11H2,1-2H3,(H,12,13). The Morgan fingerprint density at radius 1 is 1.50 bits per heavy atom. The Labute approximate surface area is 96.7 Å². The van der Waals surface area contributed by atoms with E-state index in [-0.39, 0.29) is 30.0 Å². The van der Waals surface area contributed by atoms with Gasteiger partial charge in [0.1, 0.15) is 0 Å². The Morgan fingerprint density at radius 2 is 2.12 bits per heavy atom. The molecule has 1 atom stereocenters. The molecule has 0 aromatic heterocycles. The van der Waals surface area contributed by atoms with Crippen LogP contribution in [0.2, 0.25) is 0 Å². The number of hydrogen-bond donors (Lipinski definition) is 2. The molecule has 0 aliphatic carbocycles. The monoisotopic (exact) mass is 248 g/mol. The van der Waals surface area contributed by atoms with E-state index in [0.29, 0.717) is 6.42 Å². The number of carbonyl (C=O) groups excluding carboxylic acids is 1. The van der Waals surface area contributed by atoms with Gasteiger partial charge in [0.25, 0.3) is 0 Å². The second kappa shape index (κ2) is 4.71. The topological polar surface area (TPSA) is 89.3 Å². The van der Waals surface area contributed by atoms with E-state index >= 15 is 0 Å². The molecule has 1 fully saturated rings. The summed E-state index contributed by atoms with van der Waals surface area (Å²) in [5.74, 6) is 0.121. The zero-order chi connectivity index (χ0) is 12.4. The third kappa shape index (κ3) is 3.45. The van der Waals surface area contributed by atoms with Gasteiger partial charge in [-0.2, -0.15) is 0 Å². The van der Waals surface area contributed by atoms with E-state index in [1.165, 1.54) is 0 Å². The van der Waals surface area contributed by atoms with Crippen LogP contribution in [-0.2, 0) is 14.6 Å². The fourth-order valence-corrected chi connectivity index (χ4v) is 3.25. The summed E-state index contributed by atoms with van der Waals surface area (Å²) in [5, 5.41) is 2.77. The summed E-state index contributed by atoms with van der Waals surface area (Å²) in [6.45, 7) is 3.75. The summed E-state index contributed by atoms with van der Waals surface area (Å²) in [4.78, 5) is 11.8. The Kier molecular flexibility index (Phi) is 3.96. The molecule has 1 amide bonds. The second-order valence-corrected chi connectivity index (χ2v) is 7.24. The van der Waals surface area contributed by atoms with Crippen LogP contribution < -0.4 is 11.1 Å². The lowest BCUT2D eigenvalue weighted by molar-refractivity contribution is -0.129. The molecule has 0 aromatic carbocycles. The number of carbonyl (C=O) groups is 1. The van der Waals surface area contributed by atoms with Crippen molar-refractivity contribution in [2.75, 3.05) is 18.1 Å². The van der Waals surface area contributed by atoms with Crippen molar-refractivity contribution in [3.8, 4) is 0 Å². The molecule has 16 heavy (non-hydrogen) atoms. The van der Waals surface area contributed by atoms with Crippen molar-refractivity contribution in [3.05, 3.63) is 0 Å². The van der Waals surface area contributed by atoms with Gasteiger partial charge in [-0.05, 0) is 26.7 Å². The average molecular weight is 248 g/mol. The number of nitrogens with one attached hydrogen (secondary N) is 1. The fraction of sp³-hybridized carbons (Fsp3) is 0.900. The van der Waals surface area contributed by atoms with Crippen molar-refractivity contribution in [3.63, 3.8) is 0 Å². The summed E-state index contributed by atoms with van der Waals surface area (Å²) in [6.07, 6.45) is 1.35. The summed E-state index contributed by atoms with van der Waals surface area (Å²) < 4.78 is 22.8. The zero-order valence-corrected chi connectivity index (χ0v) is 10.6. The van der Waals surface area contributed by atoms with Crippen molar-refractivity contribution in [1.29, 1.82) is 0 Å². The maximum absolute atomic E-state index is 11.8. The van der Waals surface area contributed by atoms with Crippen LogP contribution in [0.3, 0.4) is 0 Å². The van der Waals surface area contributed by atoms with E-state index in [0.717, 1.165) is 6.42 Å². The predicted molar refractivity (Wildman–Crippen MR) is 62.7 cm³/mol. The van der Waals surface area contributed by atoms with Crippen LogP contribution in [0, 0.1) is 5.41 Å². The minimum Gasteiger partial charge on any atom is -0.352 e. The molecule has 0 aromatic rings. The molecule has 0 radical (unpaired) electrons. The number of sulfone groups is 1. The van der Waals surface area contributed by atoms with Gasteiger partial charge < -0.3 is 11.1 Å². The minimum absolute atomic E-state index is 0.0550. The highest BCUT2D eigenvalue weighted by Gasteiger charge is 2.31. The average Bonchev–Trinajstić information content (AvgIpc) is 2.16. The number of rotatable bonds is 3. The highest BCUT2D eigenvalue weighted by Crippen LogP contribution is 2.16. The lowest BCUT2D eigenvalue weighted by Gasteiger charge is -2.28. The SMILES string of the molecule is CC(C)(CN)C(=O)NC1CCCS(=O)(=O)C1. The van der Waals surface area contributed by atoms with Crippen LogP contribution in [0.25, 0.3) is 0 Å². The second-order valence-electron chi connectivity index (χ2n) is 5.01. The smallest absolute Gasteiger partial charge is 0.227 e. The van der Waals surface area contributed by atoms with Gasteiger partial charge in [0, 0.05) is 12.6 Å². The Balaban J connectivity index is 2.58. The Bertz CT molecular complexity index is 362. The van der Waals surface area contributed by atoms with Crippen LogP contribution in [0.4, 0.5) is 0 Å². The molecular formula is C10H20N2O3S.